The summed E-state index contributed by atoms with van der Waals surface area (Å²) in [7, 11) is 3.66. The number of hydrogen-bond acceptors (Lipinski definition) is 3. The molecule has 0 radical (unpaired) electrons. The minimum Gasteiger partial charge on any atom is -0.356 e. The Morgan fingerprint density at radius 2 is 2.16 bits per heavy atom. The summed E-state index contributed by atoms with van der Waals surface area (Å²) in [6.07, 6.45) is 3.71. The van der Waals surface area contributed by atoms with Crippen molar-refractivity contribution in [2.24, 2.45) is 18.0 Å². The molecule has 0 aliphatic carbocycles. The summed E-state index contributed by atoms with van der Waals surface area (Å²) < 4.78 is 2.88. The highest BCUT2D eigenvalue weighted by atomic mass is 127. The normalized spacial score (nSPS) is 12.4. The second-order valence-corrected chi connectivity index (χ2v) is 6.63. The van der Waals surface area contributed by atoms with E-state index in [1.165, 1.54) is 5.56 Å². The van der Waals surface area contributed by atoms with Gasteiger partial charge in [0.25, 0.3) is 0 Å². The van der Waals surface area contributed by atoms with Crippen molar-refractivity contribution in [3.63, 3.8) is 0 Å². The van der Waals surface area contributed by atoms with Gasteiger partial charge in [0.2, 0.25) is 0 Å². The fourth-order valence-corrected chi connectivity index (χ4v) is 2.91. The van der Waals surface area contributed by atoms with Gasteiger partial charge in [-0.05, 0) is 30.0 Å². The van der Waals surface area contributed by atoms with Crippen molar-refractivity contribution in [1.29, 1.82) is 0 Å². The summed E-state index contributed by atoms with van der Waals surface area (Å²) in [5.74, 6) is 2.21. The van der Waals surface area contributed by atoms with E-state index in [1.807, 2.05) is 7.05 Å². The van der Waals surface area contributed by atoms with E-state index in [-0.39, 0.29) is 24.0 Å². The molecule has 0 spiro atoms. The lowest BCUT2D eigenvalue weighted by atomic mass is 9.97. The highest BCUT2D eigenvalue weighted by Gasteiger charge is 2.10. The molecule has 0 aliphatic heterocycles. The lowest BCUT2D eigenvalue weighted by Gasteiger charge is -2.18. The summed E-state index contributed by atoms with van der Waals surface area (Å²) in [6.45, 7) is 3.69. The molecule has 0 aliphatic rings. The molecule has 2 aromatic rings. The Hall–Kier alpha value is -1.16. The Morgan fingerprint density at radius 3 is 2.76 bits per heavy atom. The van der Waals surface area contributed by atoms with Crippen molar-refractivity contribution < 1.29 is 0 Å². The predicted octanol–water partition coefficient (Wildman–Crippen LogP) is 3.13. The number of aromatic nitrogens is 3. The lowest BCUT2D eigenvalue weighted by Crippen LogP contribution is -2.40. The van der Waals surface area contributed by atoms with Crippen LogP contribution in [0.5, 0.6) is 0 Å². The number of benzene rings is 1. The molecule has 6 nitrogen and oxygen atoms in total. The van der Waals surface area contributed by atoms with Crippen LogP contribution in [-0.4, -0.2) is 34.3 Å². The molecule has 8 heteroatoms. The van der Waals surface area contributed by atoms with Crippen molar-refractivity contribution in [1.82, 2.24) is 25.4 Å². The maximum absolute atomic E-state index is 4.27. The maximum atomic E-state index is 4.27. The molecule has 1 atom stereocenters. The molecule has 1 unspecified atom stereocenters. The first-order valence-corrected chi connectivity index (χ1v) is 8.93. The standard InChI is InChI=1S/C17H25BrN6.HI/c1-4-13(8-14-6-5-7-15(18)9-14)10-20-17(19-2)21-11-16-22-12-23-24(16)3;/h5-7,9,12-13H,4,8,10-11H2,1-3H3,(H2,19,20,21);1H. The molecule has 1 heterocycles. The van der Waals surface area contributed by atoms with Gasteiger partial charge in [-0.2, -0.15) is 5.10 Å². The van der Waals surface area contributed by atoms with E-state index in [0.717, 1.165) is 35.6 Å². The fraction of sp³-hybridized carbons (Fsp3) is 0.471. The number of nitrogens with zero attached hydrogens (tertiary/aromatic N) is 4. The zero-order chi connectivity index (χ0) is 17.4. The van der Waals surface area contributed by atoms with Gasteiger partial charge in [0, 0.05) is 25.1 Å². The van der Waals surface area contributed by atoms with Crippen LogP contribution in [-0.2, 0) is 20.0 Å². The highest BCUT2D eigenvalue weighted by Crippen LogP contribution is 2.16. The van der Waals surface area contributed by atoms with E-state index in [1.54, 1.807) is 18.1 Å². The van der Waals surface area contributed by atoms with Crippen LogP contribution in [0.4, 0.5) is 0 Å². The predicted molar refractivity (Wildman–Crippen MR) is 116 cm³/mol. The van der Waals surface area contributed by atoms with Crippen LogP contribution in [0.25, 0.3) is 0 Å². The number of rotatable bonds is 7. The van der Waals surface area contributed by atoms with Gasteiger partial charge in [0.15, 0.2) is 5.96 Å². The quantitative estimate of drug-likeness (QED) is 0.334. The molecular formula is C17H26BrIN6. The van der Waals surface area contributed by atoms with Gasteiger partial charge in [-0.1, -0.05) is 41.4 Å². The molecule has 1 aromatic carbocycles. The maximum Gasteiger partial charge on any atom is 0.191 e. The van der Waals surface area contributed by atoms with E-state index in [9.17, 15) is 0 Å². The smallest absolute Gasteiger partial charge is 0.191 e. The topological polar surface area (TPSA) is 67.1 Å². The van der Waals surface area contributed by atoms with Gasteiger partial charge in [0.05, 0.1) is 6.54 Å². The second-order valence-electron chi connectivity index (χ2n) is 5.71. The third-order valence-electron chi connectivity index (χ3n) is 3.99. The minimum absolute atomic E-state index is 0. The van der Waals surface area contributed by atoms with Gasteiger partial charge < -0.3 is 10.6 Å². The van der Waals surface area contributed by atoms with E-state index in [0.29, 0.717) is 12.5 Å². The average Bonchev–Trinajstić information content (AvgIpc) is 2.99. The molecule has 0 saturated heterocycles. The SMILES string of the molecule is CCC(CNC(=NC)NCc1ncnn1C)Cc1cccc(Br)c1.I. The average molecular weight is 521 g/mol. The van der Waals surface area contributed by atoms with E-state index in [4.69, 9.17) is 0 Å². The first-order valence-electron chi connectivity index (χ1n) is 8.14. The second kappa shape index (κ2) is 11.5. The fourth-order valence-electron chi connectivity index (χ4n) is 2.46. The minimum atomic E-state index is 0. The summed E-state index contributed by atoms with van der Waals surface area (Å²) in [5.41, 5.74) is 1.35. The zero-order valence-electron chi connectivity index (χ0n) is 14.9. The van der Waals surface area contributed by atoms with Gasteiger partial charge in [-0.15, -0.1) is 24.0 Å². The van der Waals surface area contributed by atoms with Crippen molar-refractivity contribution in [3.05, 3.63) is 46.5 Å². The monoisotopic (exact) mass is 520 g/mol. The third kappa shape index (κ3) is 7.31. The number of aryl methyl sites for hydroxylation is 1. The van der Waals surface area contributed by atoms with Crippen LogP contribution < -0.4 is 10.6 Å². The molecule has 138 valence electrons. The van der Waals surface area contributed by atoms with Crippen LogP contribution in [0.3, 0.4) is 0 Å². The molecule has 2 rings (SSSR count). The molecule has 2 N–H and O–H groups in total. The lowest BCUT2D eigenvalue weighted by molar-refractivity contribution is 0.493. The molecule has 0 amide bonds. The van der Waals surface area contributed by atoms with E-state index < -0.39 is 0 Å². The Morgan fingerprint density at radius 1 is 1.36 bits per heavy atom. The molecule has 0 bridgehead atoms. The molecule has 0 fully saturated rings. The molecule has 0 saturated carbocycles. The van der Waals surface area contributed by atoms with Gasteiger partial charge >= 0.3 is 0 Å². The number of nitrogens with one attached hydrogen (secondary N) is 2. The number of halogens is 2. The number of guanidine groups is 1. The van der Waals surface area contributed by atoms with Crippen LogP contribution in [0, 0.1) is 5.92 Å². The molecule has 25 heavy (non-hydrogen) atoms. The first-order chi connectivity index (χ1) is 11.6. The Balaban J connectivity index is 0.00000312. The largest absolute Gasteiger partial charge is 0.356 e. The number of aliphatic imine (C=N–C) groups is 1. The van der Waals surface area contributed by atoms with Crippen molar-refractivity contribution in [3.8, 4) is 0 Å². The van der Waals surface area contributed by atoms with Crippen molar-refractivity contribution in [2.75, 3.05) is 13.6 Å². The zero-order valence-corrected chi connectivity index (χ0v) is 18.8. The summed E-state index contributed by atoms with van der Waals surface area (Å²) >= 11 is 3.53. The first kappa shape index (κ1) is 21.9. The molecular weight excluding hydrogens is 495 g/mol. The Kier molecular flexibility index (Phi) is 10.0. The van der Waals surface area contributed by atoms with Crippen molar-refractivity contribution >= 4 is 45.9 Å². The summed E-state index contributed by atoms with van der Waals surface area (Å²) in [4.78, 5) is 8.47. The number of hydrogen-bond donors (Lipinski definition) is 2. The van der Waals surface area contributed by atoms with E-state index in [2.05, 4.69) is 72.8 Å². The Labute approximate surface area is 175 Å². The van der Waals surface area contributed by atoms with Crippen LogP contribution in [0.15, 0.2) is 40.1 Å². The van der Waals surface area contributed by atoms with E-state index >= 15 is 0 Å². The summed E-state index contributed by atoms with van der Waals surface area (Å²) in [6, 6.07) is 8.50. The highest BCUT2D eigenvalue weighted by molar-refractivity contribution is 14.0. The van der Waals surface area contributed by atoms with Crippen molar-refractivity contribution in [2.45, 2.75) is 26.3 Å². The van der Waals surface area contributed by atoms with Crippen LogP contribution in [0.2, 0.25) is 0 Å². The third-order valence-corrected chi connectivity index (χ3v) is 4.48. The van der Waals surface area contributed by atoms with Crippen LogP contribution >= 0.6 is 39.9 Å². The van der Waals surface area contributed by atoms with Gasteiger partial charge in [-0.3, -0.25) is 9.67 Å². The summed E-state index contributed by atoms with van der Waals surface area (Å²) in [5, 5.41) is 10.7. The van der Waals surface area contributed by atoms with Gasteiger partial charge in [-0.25, -0.2) is 4.98 Å². The van der Waals surface area contributed by atoms with Crippen LogP contribution in [0.1, 0.15) is 24.7 Å². The Bertz CT molecular complexity index is 673. The molecule has 1 aromatic heterocycles. The van der Waals surface area contributed by atoms with Gasteiger partial charge in [0.1, 0.15) is 12.2 Å².